The first-order chi connectivity index (χ1) is 9.37. The number of hydrogen-bond donors (Lipinski definition) is 2. The first-order valence-corrected chi connectivity index (χ1v) is 7.90. The molecule has 0 amide bonds. The molecule has 1 atom stereocenters. The molecule has 3 N–H and O–H groups in total. The maximum absolute atomic E-state index is 12.8. The fourth-order valence-corrected chi connectivity index (χ4v) is 4.15. The number of benzene rings is 1. The highest BCUT2D eigenvalue weighted by Crippen LogP contribution is 2.29. The van der Waals surface area contributed by atoms with Gasteiger partial charge >= 0.3 is 0 Å². The van der Waals surface area contributed by atoms with Gasteiger partial charge in [0, 0.05) is 13.1 Å². The van der Waals surface area contributed by atoms with Crippen LogP contribution in [0.2, 0.25) is 0 Å². The summed E-state index contributed by atoms with van der Waals surface area (Å²) in [6.07, 6.45) is -0.482. The van der Waals surface area contributed by atoms with E-state index in [1.165, 1.54) is 4.31 Å². The van der Waals surface area contributed by atoms with Gasteiger partial charge in [-0.2, -0.15) is 4.31 Å². The first kappa shape index (κ1) is 15.2. The minimum atomic E-state index is -3.67. The van der Waals surface area contributed by atoms with E-state index >= 15 is 0 Å². The second-order valence-electron chi connectivity index (χ2n) is 4.98. The van der Waals surface area contributed by atoms with Crippen LogP contribution >= 0.6 is 0 Å². The van der Waals surface area contributed by atoms with Crippen molar-refractivity contribution in [1.29, 1.82) is 0 Å². The van der Waals surface area contributed by atoms with Crippen molar-refractivity contribution in [3.8, 4) is 0 Å². The van der Waals surface area contributed by atoms with E-state index < -0.39 is 16.1 Å². The van der Waals surface area contributed by atoms with Gasteiger partial charge in [-0.15, -0.1) is 0 Å². The summed E-state index contributed by atoms with van der Waals surface area (Å²) in [5, 5.41) is 9.13. The summed E-state index contributed by atoms with van der Waals surface area (Å²) >= 11 is 0. The highest BCUT2D eigenvalue weighted by molar-refractivity contribution is 7.89. The number of nitrogens with zero attached hydrogens (tertiary/aromatic N) is 1. The van der Waals surface area contributed by atoms with Crippen molar-refractivity contribution in [1.82, 2.24) is 4.31 Å². The fourth-order valence-electron chi connectivity index (χ4n) is 2.30. The van der Waals surface area contributed by atoms with Gasteiger partial charge in [0.05, 0.1) is 25.0 Å². The highest BCUT2D eigenvalue weighted by atomic mass is 32.2. The molecule has 0 saturated carbocycles. The van der Waals surface area contributed by atoms with Gasteiger partial charge in [0.1, 0.15) is 4.90 Å². The van der Waals surface area contributed by atoms with E-state index in [0.29, 0.717) is 5.56 Å². The molecule has 0 radical (unpaired) electrons. The number of ether oxygens (including phenoxy) is 1. The third-order valence-electron chi connectivity index (χ3n) is 3.51. The van der Waals surface area contributed by atoms with Gasteiger partial charge in [-0.1, -0.05) is 12.1 Å². The number of hydrogen-bond acceptors (Lipinski definition) is 5. The molecule has 0 bridgehead atoms. The largest absolute Gasteiger partial charge is 0.397 e. The number of nitrogens with two attached hydrogens (primary N) is 1. The molecule has 112 valence electrons. The van der Waals surface area contributed by atoms with E-state index in [1.807, 2.05) is 0 Å². The number of anilines is 1. The number of rotatable bonds is 3. The molecule has 1 fully saturated rings. The van der Waals surface area contributed by atoms with Crippen LogP contribution in [0.25, 0.3) is 0 Å². The van der Waals surface area contributed by atoms with E-state index in [4.69, 9.17) is 15.6 Å². The predicted octanol–water partition coefficient (Wildman–Crippen LogP) is 0.267. The second kappa shape index (κ2) is 5.69. The Morgan fingerprint density at radius 3 is 2.70 bits per heavy atom. The Kier molecular flexibility index (Phi) is 4.33. The quantitative estimate of drug-likeness (QED) is 0.782. The topological polar surface area (TPSA) is 92.9 Å². The Morgan fingerprint density at radius 1 is 1.40 bits per heavy atom. The van der Waals surface area contributed by atoms with Crippen molar-refractivity contribution in [2.75, 3.05) is 32.0 Å². The van der Waals surface area contributed by atoms with Crippen LogP contribution < -0.4 is 5.73 Å². The number of nitrogen functional groups attached to an aromatic ring is 1. The Bertz CT molecular complexity index is 601. The van der Waals surface area contributed by atoms with Crippen LogP contribution in [0.3, 0.4) is 0 Å². The Hall–Kier alpha value is -1.15. The number of sulfonamides is 1. The number of aryl methyl sites for hydroxylation is 2. The van der Waals surface area contributed by atoms with Crippen molar-refractivity contribution in [3.63, 3.8) is 0 Å². The average Bonchev–Trinajstić information content (AvgIpc) is 2.43. The van der Waals surface area contributed by atoms with Crippen LogP contribution in [0.4, 0.5) is 5.69 Å². The van der Waals surface area contributed by atoms with Gasteiger partial charge in [0.25, 0.3) is 0 Å². The van der Waals surface area contributed by atoms with Crippen molar-refractivity contribution >= 4 is 15.7 Å². The predicted molar refractivity (Wildman–Crippen MR) is 75.9 cm³/mol. The summed E-state index contributed by atoms with van der Waals surface area (Å²) in [4.78, 5) is 0.163. The summed E-state index contributed by atoms with van der Waals surface area (Å²) in [6.45, 7) is 4.00. The lowest BCUT2D eigenvalue weighted by atomic mass is 10.1. The molecular weight excluding hydrogens is 280 g/mol. The van der Waals surface area contributed by atoms with Gasteiger partial charge in [-0.25, -0.2) is 8.42 Å². The zero-order valence-corrected chi connectivity index (χ0v) is 12.5. The third kappa shape index (κ3) is 2.67. The highest BCUT2D eigenvalue weighted by Gasteiger charge is 2.33. The second-order valence-corrected chi connectivity index (χ2v) is 6.86. The van der Waals surface area contributed by atoms with E-state index in [1.54, 1.807) is 26.0 Å². The normalized spacial score (nSPS) is 21.1. The van der Waals surface area contributed by atoms with Gasteiger partial charge in [0.2, 0.25) is 10.0 Å². The molecule has 0 aromatic heterocycles. The van der Waals surface area contributed by atoms with E-state index in [0.717, 1.165) is 5.56 Å². The summed E-state index contributed by atoms with van der Waals surface area (Å²) < 4.78 is 32.1. The molecule has 1 aliphatic heterocycles. The Morgan fingerprint density at radius 2 is 2.05 bits per heavy atom. The molecule has 1 unspecified atom stereocenters. The maximum atomic E-state index is 12.8. The van der Waals surface area contributed by atoms with Crippen LogP contribution in [-0.2, 0) is 14.8 Å². The fraction of sp³-hybridized carbons (Fsp3) is 0.538. The van der Waals surface area contributed by atoms with E-state index in [2.05, 4.69) is 0 Å². The van der Waals surface area contributed by atoms with Gasteiger partial charge in [0.15, 0.2) is 0 Å². The molecule has 1 aliphatic rings. The van der Waals surface area contributed by atoms with Gasteiger partial charge in [-0.3, -0.25) is 0 Å². The molecule has 1 aromatic carbocycles. The standard InChI is InChI=1S/C13H20N2O4S/c1-9-3-4-10(2)13(12(9)14)20(17,18)15-5-6-19-11(7-15)8-16/h3-4,11,16H,5-8,14H2,1-2H3. The summed E-state index contributed by atoms with van der Waals surface area (Å²) in [5.41, 5.74) is 7.61. The summed E-state index contributed by atoms with van der Waals surface area (Å²) in [7, 11) is -3.67. The first-order valence-electron chi connectivity index (χ1n) is 6.46. The molecule has 20 heavy (non-hydrogen) atoms. The molecule has 7 heteroatoms. The van der Waals surface area contributed by atoms with Gasteiger partial charge in [-0.05, 0) is 25.0 Å². The zero-order valence-electron chi connectivity index (χ0n) is 11.7. The Labute approximate surface area is 119 Å². The minimum Gasteiger partial charge on any atom is -0.397 e. The average molecular weight is 300 g/mol. The zero-order chi connectivity index (χ0) is 14.9. The van der Waals surface area contributed by atoms with Crippen molar-refractivity contribution < 1.29 is 18.3 Å². The van der Waals surface area contributed by atoms with Crippen molar-refractivity contribution in [2.45, 2.75) is 24.8 Å². The molecule has 2 rings (SSSR count). The molecule has 1 heterocycles. The molecule has 0 spiro atoms. The monoisotopic (exact) mass is 300 g/mol. The molecular formula is C13H20N2O4S. The van der Waals surface area contributed by atoms with Crippen molar-refractivity contribution in [2.24, 2.45) is 0 Å². The number of aliphatic hydroxyl groups excluding tert-OH is 1. The summed E-state index contributed by atoms with van der Waals surface area (Å²) in [6, 6.07) is 3.56. The van der Waals surface area contributed by atoms with Gasteiger partial charge < -0.3 is 15.6 Å². The van der Waals surface area contributed by atoms with Crippen LogP contribution in [0.1, 0.15) is 11.1 Å². The lowest BCUT2D eigenvalue weighted by molar-refractivity contribution is -0.0304. The molecule has 1 saturated heterocycles. The van der Waals surface area contributed by atoms with Crippen LogP contribution in [0.5, 0.6) is 0 Å². The smallest absolute Gasteiger partial charge is 0.245 e. The number of morpholine rings is 1. The van der Waals surface area contributed by atoms with Crippen LogP contribution in [0, 0.1) is 13.8 Å². The third-order valence-corrected chi connectivity index (χ3v) is 5.58. The minimum absolute atomic E-state index is 0.144. The Balaban J connectivity index is 2.43. The maximum Gasteiger partial charge on any atom is 0.245 e. The van der Waals surface area contributed by atoms with E-state index in [9.17, 15) is 8.42 Å². The molecule has 0 aliphatic carbocycles. The number of aliphatic hydroxyl groups is 1. The summed E-state index contributed by atoms with van der Waals surface area (Å²) in [5.74, 6) is 0. The van der Waals surface area contributed by atoms with Crippen LogP contribution in [0.15, 0.2) is 17.0 Å². The molecule has 1 aromatic rings. The molecule has 6 nitrogen and oxygen atoms in total. The van der Waals surface area contributed by atoms with E-state index in [-0.39, 0.29) is 36.9 Å². The SMILES string of the molecule is Cc1ccc(C)c(S(=O)(=O)N2CCOC(CO)C2)c1N. The lowest BCUT2D eigenvalue weighted by Crippen LogP contribution is -2.47. The van der Waals surface area contributed by atoms with Crippen LogP contribution in [-0.4, -0.2) is 50.2 Å². The lowest BCUT2D eigenvalue weighted by Gasteiger charge is -2.32. The van der Waals surface area contributed by atoms with Crippen molar-refractivity contribution in [3.05, 3.63) is 23.3 Å².